The van der Waals surface area contributed by atoms with Crippen LogP contribution in [0, 0.1) is 18.3 Å². The van der Waals surface area contributed by atoms with Gasteiger partial charge in [-0.3, -0.25) is 9.59 Å². The van der Waals surface area contributed by atoms with Crippen molar-refractivity contribution in [1.82, 2.24) is 0 Å². The predicted molar refractivity (Wildman–Crippen MR) is 98.6 cm³/mol. The highest BCUT2D eigenvalue weighted by molar-refractivity contribution is 7.91. The minimum atomic E-state index is -3.61. The first-order chi connectivity index (χ1) is 12.8. The van der Waals surface area contributed by atoms with Crippen molar-refractivity contribution in [2.75, 3.05) is 17.7 Å². The molecular weight excluding hydrogens is 368 g/mol. The van der Waals surface area contributed by atoms with Gasteiger partial charge in [0.05, 0.1) is 28.3 Å². The number of carbonyl (C=O) groups excluding carboxylic acids is 2. The number of amides is 1. The van der Waals surface area contributed by atoms with E-state index in [-0.39, 0.29) is 16.9 Å². The first-order valence-electron chi connectivity index (χ1n) is 8.06. The number of carbonyl (C=O) groups is 2. The number of benzene rings is 2. The van der Waals surface area contributed by atoms with Gasteiger partial charge in [-0.25, -0.2) is 8.42 Å². The molecule has 0 aromatic heterocycles. The number of hydrogen-bond donors (Lipinski definition) is 1. The highest BCUT2D eigenvalue weighted by atomic mass is 32.2. The third-order valence-electron chi connectivity index (χ3n) is 3.64. The van der Waals surface area contributed by atoms with Gasteiger partial charge in [-0.15, -0.1) is 0 Å². The van der Waals surface area contributed by atoms with Crippen molar-refractivity contribution in [3.05, 3.63) is 59.7 Å². The fourth-order valence-corrected chi connectivity index (χ4v) is 3.40. The van der Waals surface area contributed by atoms with Crippen LogP contribution in [0.25, 0.3) is 0 Å². The van der Waals surface area contributed by atoms with Crippen LogP contribution in [0.5, 0.6) is 0 Å². The van der Waals surface area contributed by atoms with Crippen molar-refractivity contribution in [2.24, 2.45) is 0 Å². The van der Waals surface area contributed by atoms with E-state index in [0.29, 0.717) is 5.69 Å². The number of rotatable bonds is 7. The molecule has 0 atom stereocenters. The standard InChI is InChI=1S/C19H18N2O5S/c1-14-6-8-16(9-7-14)27(24,25)11-10-19(23)26-13-18(22)21-17-5-3-2-4-15(17)12-20/h2-9H,10-11,13H2,1H3,(H,21,22). The smallest absolute Gasteiger partial charge is 0.307 e. The van der Waals surface area contributed by atoms with Gasteiger partial charge in [0.15, 0.2) is 16.4 Å². The minimum Gasteiger partial charge on any atom is -0.456 e. The van der Waals surface area contributed by atoms with E-state index in [1.807, 2.05) is 13.0 Å². The molecule has 1 N–H and O–H groups in total. The van der Waals surface area contributed by atoms with E-state index in [2.05, 4.69) is 5.32 Å². The van der Waals surface area contributed by atoms with Crippen LogP contribution >= 0.6 is 0 Å². The van der Waals surface area contributed by atoms with Gasteiger partial charge in [0.25, 0.3) is 5.91 Å². The van der Waals surface area contributed by atoms with Gasteiger partial charge in [0.2, 0.25) is 0 Å². The fraction of sp³-hybridized carbons (Fsp3) is 0.211. The number of nitriles is 1. The van der Waals surface area contributed by atoms with E-state index >= 15 is 0 Å². The molecule has 2 rings (SSSR count). The average Bonchev–Trinajstić information content (AvgIpc) is 2.65. The Bertz CT molecular complexity index is 976. The summed E-state index contributed by atoms with van der Waals surface area (Å²) in [5.74, 6) is -1.82. The van der Waals surface area contributed by atoms with Crippen LogP contribution in [0.4, 0.5) is 5.69 Å². The zero-order valence-corrected chi connectivity index (χ0v) is 15.5. The molecule has 0 aliphatic carbocycles. The van der Waals surface area contributed by atoms with Gasteiger partial charge < -0.3 is 10.1 Å². The van der Waals surface area contributed by atoms with Crippen molar-refractivity contribution in [3.8, 4) is 6.07 Å². The number of hydrogen-bond acceptors (Lipinski definition) is 6. The zero-order valence-electron chi connectivity index (χ0n) is 14.6. The molecule has 0 saturated heterocycles. The number of ether oxygens (including phenoxy) is 1. The third kappa shape index (κ3) is 5.94. The molecule has 0 radical (unpaired) electrons. The molecular formula is C19H18N2O5S. The number of nitrogens with one attached hydrogen (secondary N) is 1. The molecule has 0 aliphatic rings. The Morgan fingerprint density at radius 3 is 2.44 bits per heavy atom. The molecule has 2 aromatic rings. The second kappa shape index (κ2) is 8.96. The Morgan fingerprint density at radius 1 is 1.11 bits per heavy atom. The van der Waals surface area contributed by atoms with Crippen molar-refractivity contribution in [3.63, 3.8) is 0 Å². The van der Waals surface area contributed by atoms with Crippen molar-refractivity contribution in [1.29, 1.82) is 5.26 Å². The predicted octanol–water partition coefficient (Wildman–Crippen LogP) is 2.21. The lowest BCUT2D eigenvalue weighted by Crippen LogP contribution is -2.22. The van der Waals surface area contributed by atoms with Gasteiger partial charge in [-0.2, -0.15) is 5.26 Å². The second-order valence-electron chi connectivity index (χ2n) is 5.75. The van der Waals surface area contributed by atoms with Gasteiger partial charge in [-0.05, 0) is 31.2 Å². The quantitative estimate of drug-likeness (QED) is 0.730. The maximum Gasteiger partial charge on any atom is 0.307 e. The molecule has 0 spiro atoms. The molecule has 0 saturated carbocycles. The molecule has 2 aromatic carbocycles. The van der Waals surface area contributed by atoms with E-state index in [4.69, 9.17) is 10.00 Å². The number of sulfone groups is 1. The summed E-state index contributed by atoms with van der Waals surface area (Å²) in [6.07, 6.45) is -0.363. The number of aryl methyl sites for hydroxylation is 1. The van der Waals surface area contributed by atoms with E-state index < -0.39 is 34.1 Å². The maximum absolute atomic E-state index is 12.2. The molecule has 0 fully saturated rings. The molecule has 7 nitrogen and oxygen atoms in total. The first kappa shape index (κ1) is 20.1. The summed E-state index contributed by atoms with van der Waals surface area (Å²) in [7, 11) is -3.61. The summed E-state index contributed by atoms with van der Waals surface area (Å²) in [6.45, 7) is 1.27. The molecule has 8 heteroatoms. The van der Waals surface area contributed by atoms with E-state index in [0.717, 1.165) is 5.56 Å². The lowest BCUT2D eigenvalue weighted by molar-refractivity contribution is -0.146. The number of esters is 1. The Hall–Kier alpha value is -3.18. The van der Waals surface area contributed by atoms with Gasteiger partial charge >= 0.3 is 5.97 Å². The van der Waals surface area contributed by atoms with Crippen LogP contribution < -0.4 is 5.32 Å². The molecule has 140 valence electrons. The third-order valence-corrected chi connectivity index (χ3v) is 5.37. The monoisotopic (exact) mass is 386 g/mol. The molecule has 0 unspecified atom stereocenters. The number of anilines is 1. The Kier molecular flexibility index (Phi) is 6.68. The molecule has 0 aliphatic heterocycles. The normalized spacial score (nSPS) is 10.7. The van der Waals surface area contributed by atoms with Crippen LogP contribution in [0.3, 0.4) is 0 Å². The Balaban J connectivity index is 1.83. The largest absolute Gasteiger partial charge is 0.456 e. The van der Waals surface area contributed by atoms with Gasteiger partial charge in [0, 0.05) is 0 Å². The van der Waals surface area contributed by atoms with Crippen LogP contribution in [0.15, 0.2) is 53.4 Å². The Morgan fingerprint density at radius 2 is 1.78 bits per heavy atom. The van der Waals surface area contributed by atoms with E-state index in [9.17, 15) is 18.0 Å². The van der Waals surface area contributed by atoms with Crippen molar-refractivity contribution >= 4 is 27.4 Å². The fourth-order valence-electron chi connectivity index (χ4n) is 2.18. The summed E-state index contributed by atoms with van der Waals surface area (Å²) in [6, 6.07) is 14.6. The van der Waals surface area contributed by atoms with Crippen LogP contribution in [0.1, 0.15) is 17.5 Å². The van der Waals surface area contributed by atoms with Crippen LogP contribution in [-0.2, 0) is 24.2 Å². The minimum absolute atomic E-state index is 0.131. The lowest BCUT2D eigenvalue weighted by Gasteiger charge is -2.08. The first-order valence-corrected chi connectivity index (χ1v) is 9.71. The van der Waals surface area contributed by atoms with Crippen LogP contribution in [-0.4, -0.2) is 32.7 Å². The molecule has 27 heavy (non-hydrogen) atoms. The molecule has 1 amide bonds. The van der Waals surface area contributed by atoms with Crippen molar-refractivity contribution < 1.29 is 22.7 Å². The summed E-state index contributed by atoms with van der Waals surface area (Å²) >= 11 is 0. The van der Waals surface area contributed by atoms with E-state index in [1.54, 1.807) is 30.3 Å². The summed E-state index contributed by atoms with van der Waals surface area (Å²) in [5, 5.41) is 11.4. The topological polar surface area (TPSA) is 113 Å². The Labute approximate surface area is 157 Å². The summed E-state index contributed by atoms with van der Waals surface area (Å²) in [4.78, 5) is 23.7. The average molecular weight is 386 g/mol. The van der Waals surface area contributed by atoms with Gasteiger partial charge in [-0.1, -0.05) is 29.8 Å². The summed E-state index contributed by atoms with van der Waals surface area (Å²) in [5.41, 5.74) is 1.52. The number of nitrogens with zero attached hydrogens (tertiary/aromatic N) is 1. The van der Waals surface area contributed by atoms with Gasteiger partial charge in [0.1, 0.15) is 6.07 Å². The zero-order chi connectivity index (χ0) is 19.9. The lowest BCUT2D eigenvalue weighted by atomic mass is 10.2. The summed E-state index contributed by atoms with van der Waals surface area (Å²) < 4.78 is 29.2. The van der Waals surface area contributed by atoms with E-state index in [1.165, 1.54) is 18.2 Å². The molecule has 0 bridgehead atoms. The SMILES string of the molecule is Cc1ccc(S(=O)(=O)CCC(=O)OCC(=O)Nc2ccccc2C#N)cc1. The highest BCUT2D eigenvalue weighted by Crippen LogP contribution is 2.14. The highest BCUT2D eigenvalue weighted by Gasteiger charge is 2.17. The second-order valence-corrected chi connectivity index (χ2v) is 7.86. The number of para-hydroxylation sites is 1. The van der Waals surface area contributed by atoms with Crippen LogP contribution in [0.2, 0.25) is 0 Å². The molecule has 0 heterocycles. The van der Waals surface area contributed by atoms with Crippen molar-refractivity contribution in [2.45, 2.75) is 18.2 Å². The maximum atomic E-state index is 12.2.